The van der Waals surface area contributed by atoms with Crippen LogP contribution in [0.15, 0.2) is 0 Å². The summed E-state index contributed by atoms with van der Waals surface area (Å²) in [5.41, 5.74) is 0.704. The summed E-state index contributed by atoms with van der Waals surface area (Å²) in [6.45, 7) is 18.5. The van der Waals surface area contributed by atoms with E-state index in [0.717, 1.165) is 18.5 Å². The Labute approximate surface area is 168 Å². The first kappa shape index (κ1) is 21.5. The van der Waals surface area contributed by atoms with Gasteiger partial charge in [-0.2, -0.15) is 0 Å². The van der Waals surface area contributed by atoms with Crippen molar-refractivity contribution in [2.45, 2.75) is 39.5 Å². The SMILES string of the molecule is CC.CNCN1CCCC(CN2CCC(CN3CC4(CN(C)C4)C3)CC2)C1. The molecule has 1 unspecified atom stereocenters. The lowest BCUT2D eigenvalue weighted by molar-refractivity contribution is -0.110. The van der Waals surface area contributed by atoms with E-state index in [1.165, 1.54) is 91.1 Å². The minimum Gasteiger partial charge on any atom is -0.307 e. The molecule has 5 nitrogen and oxygen atoms in total. The van der Waals surface area contributed by atoms with Crippen molar-refractivity contribution in [3.05, 3.63) is 0 Å². The van der Waals surface area contributed by atoms with Crippen LogP contribution in [-0.2, 0) is 0 Å². The van der Waals surface area contributed by atoms with Crippen LogP contribution in [0.25, 0.3) is 0 Å². The summed E-state index contributed by atoms with van der Waals surface area (Å²) in [5.74, 6) is 1.85. The standard InChI is InChI=1S/C20H39N5.C2H6/c1-21-17-24-7-3-4-19(12-24)11-23-8-5-18(6-9-23)10-25-15-20(16-25)13-22(2)14-20;1-2/h18-19,21H,3-17H2,1-2H3;1-2H3. The van der Waals surface area contributed by atoms with Gasteiger partial charge in [0.2, 0.25) is 0 Å². The van der Waals surface area contributed by atoms with Gasteiger partial charge in [0.05, 0.1) is 0 Å². The van der Waals surface area contributed by atoms with Crippen molar-refractivity contribution in [1.82, 2.24) is 24.9 Å². The molecule has 0 bridgehead atoms. The number of piperidine rings is 2. The van der Waals surface area contributed by atoms with E-state index in [0.29, 0.717) is 5.41 Å². The topological polar surface area (TPSA) is 25.0 Å². The number of nitrogens with one attached hydrogen (secondary N) is 1. The van der Waals surface area contributed by atoms with Crippen LogP contribution < -0.4 is 5.32 Å². The summed E-state index contributed by atoms with van der Waals surface area (Å²) in [4.78, 5) is 10.6. The summed E-state index contributed by atoms with van der Waals surface area (Å²) >= 11 is 0. The van der Waals surface area contributed by atoms with Gasteiger partial charge in [-0.1, -0.05) is 13.8 Å². The quantitative estimate of drug-likeness (QED) is 0.760. The zero-order valence-electron chi connectivity index (χ0n) is 18.6. The molecule has 0 aromatic heterocycles. The van der Waals surface area contributed by atoms with Gasteiger partial charge in [-0.05, 0) is 71.2 Å². The van der Waals surface area contributed by atoms with Gasteiger partial charge in [0.25, 0.3) is 0 Å². The van der Waals surface area contributed by atoms with Gasteiger partial charge in [-0.15, -0.1) is 0 Å². The molecule has 1 atom stereocenters. The third-order valence-electron chi connectivity index (χ3n) is 7.05. The Bertz CT molecular complexity index is 418. The van der Waals surface area contributed by atoms with E-state index in [2.05, 4.69) is 39.0 Å². The van der Waals surface area contributed by atoms with Crippen molar-refractivity contribution in [2.24, 2.45) is 17.3 Å². The van der Waals surface area contributed by atoms with Crippen LogP contribution in [0, 0.1) is 17.3 Å². The van der Waals surface area contributed by atoms with Crippen molar-refractivity contribution >= 4 is 0 Å². The summed E-state index contributed by atoms with van der Waals surface area (Å²) in [7, 11) is 4.32. The lowest BCUT2D eigenvalue weighted by Gasteiger charge is -2.60. The Kier molecular flexibility index (Phi) is 7.98. The van der Waals surface area contributed by atoms with Crippen LogP contribution in [0.2, 0.25) is 0 Å². The van der Waals surface area contributed by atoms with Crippen molar-refractivity contribution in [3.8, 4) is 0 Å². The molecule has 0 aromatic rings. The highest BCUT2D eigenvalue weighted by atomic mass is 15.3. The molecular weight excluding hydrogens is 334 g/mol. The maximum Gasteiger partial charge on any atom is 0.0478 e. The van der Waals surface area contributed by atoms with E-state index in [-0.39, 0.29) is 0 Å². The highest BCUT2D eigenvalue weighted by Gasteiger charge is 2.50. The Balaban J connectivity index is 0.00000102. The molecular formula is C22H45N5. The Morgan fingerprint density at radius 2 is 1.48 bits per heavy atom. The molecule has 0 amide bonds. The molecule has 4 aliphatic heterocycles. The molecule has 27 heavy (non-hydrogen) atoms. The van der Waals surface area contributed by atoms with E-state index in [1.807, 2.05) is 13.8 Å². The average molecular weight is 380 g/mol. The number of nitrogens with zero attached hydrogens (tertiary/aromatic N) is 4. The molecule has 4 rings (SSSR count). The molecule has 1 spiro atoms. The van der Waals surface area contributed by atoms with Crippen molar-refractivity contribution in [2.75, 3.05) is 86.2 Å². The number of rotatable bonds is 6. The van der Waals surface area contributed by atoms with E-state index in [4.69, 9.17) is 0 Å². The predicted molar refractivity (Wildman–Crippen MR) is 115 cm³/mol. The van der Waals surface area contributed by atoms with Crippen LogP contribution in [0.4, 0.5) is 0 Å². The van der Waals surface area contributed by atoms with Gasteiger partial charge in [0, 0.05) is 57.9 Å². The van der Waals surface area contributed by atoms with Crippen LogP contribution >= 0.6 is 0 Å². The Morgan fingerprint density at radius 1 is 0.815 bits per heavy atom. The second-order valence-electron chi connectivity index (χ2n) is 9.68. The normalized spacial score (nSPS) is 30.4. The Morgan fingerprint density at radius 3 is 2.11 bits per heavy atom. The molecule has 1 N–H and O–H groups in total. The van der Waals surface area contributed by atoms with Gasteiger partial charge in [-0.3, -0.25) is 4.90 Å². The summed E-state index contributed by atoms with van der Waals surface area (Å²) < 4.78 is 0. The number of hydrogen-bond donors (Lipinski definition) is 1. The maximum atomic E-state index is 3.32. The minimum atomic E-state index is 0.704. The fourth-order valence-corrected chi connectivity index (χ4v) is 6.08. The lowest BCUT2D eigenvalue weighted by Crippen LogP contribution is -2.71. The maximum absolute atomic E-state index is 3.32. The number of hydrogen-bond acceptors (Lipinski definition) is 5. The predicted octanol–water partition coefficient (Wildman–Crippen LogP) is 1.86. The zero-order chi connectivity index (χ0) is 19.3. The van der Waals surface area contributed by atoms with E-state index >= 15 is 0 Å². The first-order valence-electron chi connectivity index (χ1n) is 11.6. The summed E-state index contributed by atoms with van der Waals surface area (Å²) in [6.07, 6.45) is 5.67. The van der Waals surface area contributed by atoms with Gasteiger partial charge in [-0.25, -0.2) is 0 Å². The second kappa shape index (κ2) is 10.0. The van der Waals surface area contributed by atoms with E-state index in [1.54, 1.807) is 0 Å². The van der Waals surface area contributed by atoms with Crippen LogP contribution in [0.5, 0.6) is 0 Å². The monoisotopic (exact) mass is 379 g/mol. The largest absolute Gasteiger partial charge is 0.307 e. The molecule has 0 radical (unpaired) electrons. The fraction of sp³-hybridized carbons (Fsp3) is 1.00. The minimum absolute atomic E-state index is 0.704. The zero-order valence-corrected chi connectivity index (χ0v) is 18.6. The number of likely N-dealkylation sites (tertiary alicyclic amines) is 4. The van der Waals surface area contributed by atoms with Gasteiger partial charge in [0.15, 0.2) is 0 Å². The third-order valence-corrected chi connectivity index (χ3v) is 7.05. The second-order valence-corrected chi connectivity index (χ2v) is 9.68. The smallest absolute Gasteiger partial charge is 0.0478 e. The summed E-state index contributed by atoms with van der Waals surface area (Å²) in [6, 6.07) is 0. The van der Waals surface area contributed by atoms with E-state index < -0.39 is 0 Å². The molecule has 4 heterocycles. The molecule has 4 fully saturated rings. The van der Waals surface area contributed by atoms with E-state index in [9.17, 15) is 0 Å². The highest BCUT2D eigenvalue weighted by Crippen LogP contribution is 2.39. The molecule has 0 aromatic carbocycles. The Hall–Kier alpha value is -0.200. The van der Waals surface area contributed by atoms with Crippen molar-refractivity contribution < 1.29 is 0 Å². The van der Waals surface area contributed by atoms with Crippen molar-refractivity contribution in [3.63, 3.8) is 0 Å². The molecule has 0 saturated carbocycles. The first-order chi connectivity index (χ1) is 13.1. The molecule has 158 valence electrons. The third kappa shape index (κ3) is 5.66. The molecule has 0 aliphatic carbocycles. The van der Waals surface area contributed by atoms with Gasteiger partial charge < -0.3 is 20.0 Å². The van der Waals surface area contributed by atoms with Crippen LogP contribution in [0.1, 0.15) is 39.5 Å². The molecule has 4 saturated heterocycles. The average Bonchev–Trinajstić information content (AvgIpc) is 2.63. The van der Waals surface area contributed by atoms with Gasteiger partial charge >= 0.3 is 0 Å². The van der Waals surface area contributed by atoms with Crippen molar-refractivity contribution in [1.29, 1.82) is 0 Å². The molecule has 5 heteroatoms. The summed E-state index contributed by atoms with van der Waals surface area (Å²) in [5, 5.41) is 3.32. The molecule has 4 aliphatic rings. The highest BCUT2D eigenvalue weighted by molar-refractivity contribution is 5.04. The van der Waals surface area contributed by atoms with Crippen LogP contribution in [0.3, 0.4) is 0 Å². The fourth-order valence-electron chi connectivity index (χ4n) is 6.08. The van der Waals surface area contributed by atoms with Gasteiger partial charge in [0.1, 0.15) is 0 Å². The lowest BCUT2D eigenvalue weighted by atomic mass is 9.72. The van der Waals surface area contributed by atoms with Crippen LogP contribution in [-0.4, -0.2) is 106 Å². The first-order valence-corrected chi connectivity index (χ1v) is 11.6.